The zero-order valence-electron chi connectivity index (χ0n) is 10.9. The molecule has 1 aliphatic rings. The maximum Gasteiger partial charge on any atom is 0.277 e. The monoisotopic (exact) mass is 278 g/mol. The Morgan fingerprint density at radius 3 is 3.00 bits per heavy atom. The van der Waals surface area contributed by atoms with Gasteiger partial charge in [0.15, 0.2) is 6.61 Å². The van der Waals surface area contributed by atoms with Crippen molar-refractivity contribution in [2.45, 2.75) is 25.7 Å². The van der Waals surface area contributed by atoms with Crippen molar-refractivity contribution in [3.8, 4) is 5.75 Å². The predicted octanol–water partition coefficient (Wildman–Crippen LogP) is 1.82. The molecule has 1 aliphatic carbocycles. The molecule has 1 fully saturated rings. The lowest BCUT2D eigenvalue weighted by atomic mass is 9.97. The molecular formula is C14H15FN2O3. The van der Waals surface area contributed by atoms with Gasteiger partial charge in [-0.1, -0.05) is 6.07 Å². The Morgan fingerprint density at radius 2 is 2.25 bits per heavy atom. The summed E-state index contributed by atoms with van der Waals surface area (Å²) >= 11 is 0. The summed E-state index contributed by atoms with van der Waals surface area (Å²) in [6, 6.07) is 5.54. The number of hydrogen-bond donors (Lipinski definition) is 1. The van der Waals surface area contributed by atoms with Crippen molar-refractivity contribution in [3.05, 3.63) is 30.1 Å². The van der Waals surface area contributed by atoms with E-state index in [4.69, 9.17) is 4.74 Å². The number of ketones is 1. The van der Waals surface area contributed by atoms with Gasteiger partial charge in [-0.25, -0.2) is 9.82 Å². The normalized spacial score (nSPS) is 17.1. The second-order valence-corrected chi connectivity index (χ2v) is 4.53. The summed E-state index contributed by atoms with van der Waals surface area (Å²) in [7, 11) is 0. The van der Waals surface area contributed by atoms with Crippen LogP contribution in [0.25, 0.3) is 0 Å². The molecule has 106 valence electrons. The molecule has 0 radical (unpaired) electrons. The minimum atomic E-state index is -0.445. The van der Waals surface area contributed by atoms with Crippen molar-refractivity contribution in [1.29, 1.82) is 0 Å². The molecular weight excluding hydrogens is 263 g/mol. The van der Waals surface area contributed by atoms with Crippen molar-refractivity contribution in [1.82, 2.24) is 5.43 Å². The van der Waals surface area contributed by atoms with E-state index in [-0.39, 0.29) is 18.1 Å². The van der Waals surface area contributed by atoms with Gasteiger partial charge in [0.05, 0.1) is 0 Å². The van der Waals surface area contributed by atoms with Crippen LogP contribution >= 0.6 is 0 Å². The van der Waals surface area contributed by atoms with Gasteiger partial charge in [0.2, 0.25) is 0 Å². The van der Waals surface area contributed by atoms with Crippen molar-refractivity contribution < 1.29 is 18.7 Å². The van der Waals surface area contributed by atoms with E-state index in [1.165, 1.54) is 18.2 Å². The predicted molar refractivity (Wildman–Crippen MR) is 70.9 cm³/mol. The smallest absolute Gasteiger partial charge is 0.277 e. The molecule has 0 bridgehead atoms. The summed E-state index contributed by atoms with van der Waals surface area (Å²) in [4.78, 5) is 22.7. The zero-order valence-corrected chi connectivity index (χ0v) is 10.9. The van der Waals surface area contributed by atoms with Crippen molar-refractivity contribution in [2.75, 3.05) is 6.61 Å². The van der Waals surface area contributed by atoms with Crippen LogP contribution < -0.4 is 10.2 Å². The van der Waals surface area contributed by atoms with E-state index in [1.807, 2.05) is 0 Å². The van der Waals surface area contributed by atoms with Gasteiger partial charge in [-0.05, 0) is 25.0 Å². The van der Waals surface area contributed by atoms with Crippen LogP contribution in [0.4, 0.5) is 4.39 Å². The van der Waals surface area contributed by atoms with Gasteiger partial charge in [-0.3, -0.25) is 9.59 Å². The Hall–Kier alpha value is -2.24. The number of amides is 1. The highest BCUT2D eigenvalue weighted by molar-refractivity contribution is 6.04. The van der Waals surface area contributed by atoms with Gasteiger partial charge in [0.25, 0.3) is 5.91 Å². The molecule has 0 spiro atoms. The first-order chi connectivity index (χ1) is 9.63. The number of halogens is 1. The van der Waals surface area contributed by atoms with Crippen molar-refractivity contribution in [3.63, 3.8) is 0 Å². The molecule has 20 heavy (non-hydrogen) atoms. The highest BCUT2D eigenvalue weighted by Crippen LogP contribution is 2.12. The molecule has 0 aliphatic heterocycles. The number of Topliss-reactive ketones (excluding diaryl/α,β-unsaturated/α-hetero) is 1. The van der Waals surface area contributed by atoms with E-state index >= 15 is 0 Å². The number of benzene rings is 1. The van der Waals surface area contributed by atoms with Crippen LogP contribution in [0, 0.1) is 5.82 Å². The van der Waals surface area contributed by atoms with E-state index in [9.17, 15) is 14.0 Å². The fourth-order valence-electron chi connectivity index (χ4n) is 1.87. The van der Waals surface area contributed by atoms with Gasteiger partial charge in [0, 0.05) is 24.6 Å². The Balaban J connectivity index is 1.78. The van der Waals surface area contributed by atoms with E-state index in [1.54, 1.807) is 6.07 Å². The first kappa shape index (κ1) is 14.2. The summed E-state index contributed by atoms with van der Waals surface area (Å²) in [6.45, 7) is -0.256. The molecule has 1 aromatic carbocycles. The summed E-state index contributed by atoms with van der Waals surface area (Å²) in [6.07, 6.45) is 2.37. The fraction of sp³-hybridized carbons (Fsp3) is 0.357. The number of ether oxygens (including phenoxy) is 1. The van der Waals surface area contributed by atoms with E-state index < -0.39 is 11.7 Å². The number of hydrogen-bond acceptors (Lipinski definition) is 4. The Labute approximate surface area is 115 Å². The van der Waals surface area contributed by atoms with E-state index in [0.717, 1.165) is 12.8 Å². The van der Waals surface area contributed by atoms with Crippen LogP contribution in [-0.2, 0) is 9.59 Å². The van der Waals surface area contributed by atoms with Gasteiger partial charge in [0.1, 0.15) is 17.3 Å². The molecule has 1 amide bonds. The largest absolute Gasteiger partial charge is 0.484 e. The third kappa shape index (κ3) is 4.46. The lowest BCUT2D eigenvalue weighted by Crippen LogP contribution is -2.27. The lowest BCUT2D eigenvalue weighted by molar-refractivity contribution is -0.123. The zero-order chi connectivity index (χ0) is 14.4. The highest BCUT2D eigenvalue weighted by atomic mass is 19.1. The fourth-order valence-corrected chi connectivity index (χ4v) is 1.87. The average Bonchev–Trinajstić information content (AvgIpc) is 2.43. The van der Waals surface area contributed by atoms with Crippen LogP contribution in [0.2, 0.25) is 0 Å². The molecule has 1 saturated carbocycles. The summed E-state index contributed by atoms with van der Waals surface area (Å²) in [5, 5.41) is 3.91. The van der Waals surface area contributed by atoms with Crippen molar-refractivity contribution in [2.24, 2.45) is 5.10 Å². The molecule has 0 saturated heterocycles. The van der Waals surface area contributed by atoms with Gasteiger partial charge >= 0.3 is 0 Å². The van der Waals surface area contributed by atoms with Crippen LogP contribution in [0.3, 0.4) is 0 Å². The molecule has 1 N–H and O–H groups in total. The molecule has 5 nitrogen and oxygen atoms in total. The molecule has 0 atom stereocenters. The number of carbonyl (C=O) groups excluding carboxylic acids is 2. The van der Waals surface area contributed by atoms with Gasteiger partial charge in [-0.15, -0.1) is 0 Å². The lowest BCUT2D eigenvalue weighted by Gasteiger charge is -2.11. The summed E-state index contributed by atoms with van der Waals surface area (Å²) in [5.74, 6) is -0.454. The van der Waals surface area contributed by atoms with Gasteiger partial charge < -0.3 is 4.74 Å². The number of rotatable bonds is 4. The number of hydrazone groups is 1. The van der Waals surface area contributed by atoms with Crippen LogP contribution in [0.5, 0.6) is 5.75 Å². The van der Waals surface area contributed by atoms with Crippen LogP contribution in [-0.4, -0.2) is 24.0 Å². The Kier molecular flexibility index (Phi) is 4.81. The second-order valence-electron chi connectivity index (χ2n) is 4.53. The van der Waals surface area contributed by atoms with E-state index in [2.05, 4.69) is 10.5 Å². The standard InChI is InChI=1S/C14H15FN2O3/c15-10-3-1-6-13(7-10)20-9-14(19)17-16-11-4-2-5-12(18)8-11/h1,3,6-7H,2,4-5,8-9H2,(H,17,19)/b16-11-. The number of carbonyl (C=O) groups is 2. The SMILES string of the molecule is O=C1CCC/C(=N/NC(=O)COc2cccc(F)c2)C1. The first-order valence-corrected chi connectivity index (χ1v) is 6.38. The first-order valence-electron chi connectivity index (χ1n) is 6.38. The van der Waals surface area contributed by atoms with Crippen molar-refractivity contribution >= 4 is 17.4 Å². The molecule has 0 unspecified atom stereocenters. The minimum Gasteiger partial charge on any atom is -0.484 e. The number of nitrogens with one attached hydrogen (secondary N) is 1. The summed E-state index contributed by atoms with van der Waals surface area (Å²) in [5.41, 5.74) is 3.02. The Bertz CT molecular complexity index is 543. The highest BCUT2D eigenvalue weighted by Gasteiger charge is 2.14. The third-order valence-corrected chi connectivity index (χ3v) is 2.83. The topological polar surface area (TPSA) is 67.8 Å². The van der Waals surface area contributed by atoms with E-state index in [0.29, 0.717) is 18.6 Å². The minimum absolute atomic E-state index is 0.139. The second kappa shape index (κ2) is 6.79. The van der Waals surface area contributed by atoms with Gasteiger partial charge in [-0.2, -0.15) is 5.10 Å². The van der Waals surface area contributed by atoms with Crippen LogP contribution in [0.1, 0.15) is 25.7 Å². The molecule has 1 aromatic rings. The maximum atomic E-state index is 12.9. The summed E-state index contributed by atoms with van der Waals surface area (Å²) < 4.78 is 18.0. The molecule has 0 aromatic heterocycles. The molecule has 2 rings (SSSR count). The molecule has 6 heteroatoms. The average molecular weight is 278 g/mol. The van der Waals surface area contributed by atoms with Crippen LogP contribution in [0.15, 0.2) is 29.4 Å². The quantitative estimate of drug-likeness (QED) is 0.854. The maximum absolute atomic E-state index is 12.9. The Morgan fingerprint density at radius 1 is 1.40 bits per heavy atom. The third-order valence-electron chi connectivity index (χ3n) is 2.83. The number of nitrogens with zero attached hydrogens (tertiary/aromatic N) is 1. The molecule has 0 heterocycles.